The summed E-state index contributed by atoms with van der Waals surface area (Å²) in [7, 11) is 5.26. The summed E-state index contributed by atoms with van der Waals surface area (Å²) in [4.78, 5) is 12.6. The van der Waals surface area contributed by atoms with Gasteiger partial charge in [0.1, 0.15) is 0 Å². The first-order valence-electron chi connectivity index (χ1n) is 8.82. The first-order valence-corrected chi connectivity index (χ1v) is 8.82. The predicted molar refractivity (Wildman–Crippen MR) is 101 cm³/mol. The Labute approximate surface area is 158 Å². The summed E-state index contributed by atoms with van der Waals surface area (Å²) in [5, 5.41) is 21.5. The fourth-order valence-corrected chi connectivity index (χ4v) is 3.63. The molecule has 7 nitrogen and oxygen atoms in total. The van der Waals surface area contributed by atoms with E-state index in [1.54, 1.807) is 26.4 Å². The van der Waals surface area contributed by atoms with Crippen LogP contribution in [0.4, 0.5) is 5.69 Å². The summed E-state index contributed by atoms with van der Waals surface area (Å²) in [6.45, 7) is 0.875. The van der Waals surface area contributed by atoms with Crippen LogP contribution in [0, 0.1) is 10.1 Å². The Balaban J connectivity index is 1.87. The minimum absolute atomic E-state index is 0.0127. The second-order valence-corrected chi connectivity index (χ2v) is 6.75. The zero-order valence-corrected chi connectivity index (χ0v) is 15.7. The van der Waals surface area contributed by atoms with Crippen LogP contribution >= 0.6 is 0 Å². The molecular formula is C20H24N2O5. The van der Waals surface area contributed by atoms with Gasteiger partial charge in [-0.1, -0.05) is 0 Å². The number of hydrogen-bond acceptors (Lipinski definition) is 6. The van der Waals surface area contributed by atoms with E-state index in [9.17, 15) is 15.2 Å². The minimum Gasteiger partial charge on any atom is -0.493 e. The smallest absolute Gasteiger partial charge is 0.269 e. The van der Waals surface area contributed by atoms with Crippen molar-refractivity contribution in [3.05, 3.63) is 63.2 Å². The monoisotopic (exact) mass is 372 g/mol. The molecule has 2 unspecified atom stereocenters. The number of hydrogen-bond donors (Lipinski definition) is 1. The standard InChI is InChI=1S/C20H24N2O5/c1-21-9-8-14-10-19(26-2)20(27-3)11-16(14)17(21)12-18(23)13-4-6-15(7-5-13)22(24)25/h4-7,10-11,17-18,23H,8-9,12H2,1-3H3. The van der Waals surface area contributed by atoms with Gasteiger partial charge >= 0.3 is 0 Å². The summed E-state index contributed by atoms with van der Waals surface area (Å²) in [6.07, 6.45) is 0.657. The fraction of sp³-hybridized carbons (Fsp3) is 0.400. The fourth-order valence-electron chi connectivity index (χ4n) is 3.63. The first kappa shape index (κ1) is 19.1. The Morgan fingerprint density at radius 3 is 2.44 bits per heavy atom. The van der Waals surface area contributed by atoms with Crippen molar-refractivity contribution in [2.45, 2.75) is 25.0 Å². The second kappa shape index (κ2) is 7.94. The third-order valence-corrected chi connectivity index (χ3v) is 5.21. The van der Waals surface area contributed by atoms with Gasteiger partial charge in [0.25, 0.3) is 5.69 Å². The van der Waals surface area contributed by atoms with Crippen LogP contribution in [0.1, 0.15) is 35.3 Å². The average molecular weight is 372 g/mol. The predicted octanol–water partition coefficient (Wildman–Crippen LogP) is 3.26. The number of fused-ring (bicyclic) bond motifs is 1. The van der Waals surface area contributed by atoms with E-state index >= 15 is 0 Å². The Bertz CT molecular complexity index is 822. The molecule has 7 heteroatoms. The summed E-state index contributed by atoms with van der Waals surface area (Å²) in [5.74, 6) is 1.37. The van der Waals surface area contributed by atoms with Crippen LogP contribution in [-0.4, -0.2) is 42.7 Å². The SMILES string of the molecule is COc1cc2c(cc1OC)C(CC(O)c1ccc([N+](=O)[O-])cc1)N(C)CC2. The molecule has 0 saturated heterocycles. The van der Waals surface area contributed by atoms with E-state index in [4.69, 9.17) is 9.47 Å². The maximum Gasteiger partial charge on any atom is 0.269 e. The highest BCUT2D eigenvalue weighted by atomic mass is 16.6. The van der Waals surface area contributed by atoms with Gasteiger partial charge in [-0.25, -0.2) is 0 Å². The molecule has 1 heterocycles. The molecule has 0 radical (unpaired) electrons. The number of benzene rings is 2. The Morgan fingerprint density at radius 1 is 1.22 bits per heavy atom. The van der Waals surface area contributed by atoms with Gasteiger partial charge in [0, 0.05) is 24.7 Å². The van der Waals surface area contributed by atoms with E-state index in [1.165, 1.54) is 17.7 Å². The van der Waals surface area contributed by atoms with Crippen LogP contribution < -0.4 is 9.47 Å². The van der Waals surface area contributed by atoms with Crippen molar-refractivity contribution in [1.29, 1.82) is 0 Å². The van der Waals surface area contributed by atoms with E-state index in [0.29, 0.717) is 23.5 Å². The Kier molecular flexibility index (Phi) is 5.62. The van der Waals surface area contributed by atoms with Crippen LogP contribution in [0.2, 0.25) is 0 Å². The van der Waals surface area contributed by atoms with Crippen LogP contribution in [-0.2, 0) is 6.42 Å². The van der Waals surface area contributed by atoms with Crippen LogP contribution in [0.5, 0.6) is 11.5 Å². The lowest BCUT2D eigenvalue weighted by Crippen LogP contribution is -2.33. The number of methoxy groups -OCH3 is 2. The van der Waals surface area contributed by atoms with Gasteiger partial charge in [0.05, 0.1) is 25.2 Å². The minimum atomic E-state index is -0.725. The molecule has 3 rings (SSSR count). The van der Waals surface area contributed by atoms with E-state index in [1.807, 2.05) is 19.2 Å². The Morgan fingerprint density at radius 2 is 1.85 bits per heavy atom. The van der Waals surface area contributed by atoms with Gasteiger partial charge in [0.2, 0.25) is 0 Å². The van der Waals surface area contributed by atoms with Gasteiger partial charge in [-0.15, -0.1) is 0 Å². The van der Waals surface area contributed by atoms with E-state index < -0.39 is 11.0 Å². The van der Waals surface area contributed by atoms with Gasteiger partial charge < -0.3 is 14.6 Å². The largest absolute Gasteiger partial charge is 0.493 e. The van der Waals surface area contributed by atoms with Gasteiger partial charge in [0.15, 0.2) is 11.5 Å². The van der Waals surface area contributed by atoms with Gasteiger partial charge in [-0.2, -0.15) is 0 Å². The van der Waals surface area contributed by atoms with E-state index in [2.05, 4.69) is 4.90 Å². The van der Waals surface area contributed by atoms with Crippen molar-refractivity contribution in [3.63, 3.8) is 0 Å². The number of nitrogens with zero attached hydrogens (tertiary/aromatic N) is 2. The molecule has 1 N–H and O–H groups in total. The number of aliphatic hydroxyl groups excluding tert-OH is 1. The normalized spacial score (nSPS) is 17.9. The molecule has 0 saturated carbocycles. The lowest BCUT2D eigenvalue weighted by molar-refractivity contribution is -0.384. The highest BCUT2D eigenvalue weighted by Crippen LogP contribution is 2.41. The van der Waals surface area contributed by atoms with Crippen molar-refractivity contribution in [3.8, 4) is 11.5 Å². The first-order chi connectivity index (χ1) is 12.9. The highest BCUT2D eigenvalue weighted by molar-refractivity contribution is 5.49. The van der Waals surface area contributed by atoms with Gasteiger partial charge in [-0.3, -0.25) is 15.0 Å². The number of likely N-dealkylation sites (N-methyl/N-ethyl adjacent to an activating group) is 1. The molecule has 27 heavy (non-hydrogen) atoms. The second-order valence-electron chi connectivity index (χ2n) is 6.75. The van der Waals surface area contributed by atoms with Crippen molar-refractivity contribution in [2.75, 3.05) is 27.8 Å². The zero-order chi connectivity index (χ0) is 19.6. The molecule has 1 aliphatic heterocycles. The van der Waals surface area contributed by atoms with E-state index in [0.717, 1.165) is 18.5 Å². The molecule has 2 atom stereocenters. The quantitative estimate of drug-likeness (QED) is 0.619. The maximum atomic E-state index is 10.8. The summed E-state index contributed by atoms with van der Waals surface area (Å²) in [6, 6.07) is 10.1. The van der Waals surface area contributed by atoms with Crippen molar-refractivity contribution in [2.24, 2.45) is 0 Å². The number of rotatable bonds is 6. The summed E-state index contributed by atoms with van der Waals surface area (Å²) >= 11 is 0. The molecule has 0 aromatic heterocycles. The maximum absolute atomic E-state index is 10.8. The molecule has 2 aromatic rings. The molecular weight excluding hydrogens is 348 g/mol. The van der Waals surface area contributed by atoms with Crippen LogP contribution in [0.25, 0.3) is 0 Å². The van der Waals surface area contributed by atoms with E-state index in [-0.39, 0.29) is 11.7 Å². The average Bonchev–Trinajstić information content (AvgIpc) is 2.69. The lowest BCUT2D eigenvalue weighted by atomic mass is 9.88. The lowest BCUT2D eigenvalue weighted by Gasteiger charge is -2.36. The van der Waals surface area contributed by atoms with Crippen molar-refractivity contribution < 1.29 is 19.5 Å². The molecule has 0 fully saturated rings. The third kappa shape index (κ3) is 3.89. The number of nitro benzene ring substituents is 1. The third-order valence-electron chi connectivity index (χ3n) is 5.21. The molecule has 0 spiro atoms. The molecule has 144 valence electrons. The number of aliphatic hydroxyl groups is 1. The molecule has 0 amide bonds. The highest BCUT2D eigenvalue weighted by Gasteiger charge is 2.29. The molecule has 0 bridgehead atoms. The summed E-state index contributed by atoms with van der Waals surface area (Å²) < 4.78 is 10.8. The molecule has 2 aromatic carbocycles. The topological polar surface area (TPSA) is 85.1 Å². The zero-order valence-electron chi connectivity index (χ0n) is 15.7. The number of ether oxygens (including phenoxy) is 2. The molecule has 1 aliphatic rings. The van der Waals surface area contributed by atoms with Crippen molar-refractivity contribution in [1.82, 2.24) is 4.90 Å². The van der Waals surface area contributed by atoms with Crippen molar-refractivity contribution >= 4 is 5.69 Å². The van der Waals surface area contributed by atoms with Crippen LogP contribution in [0.15, 0.2) is 36.4 Å². The van der Waals surface area contributed by atoms with Crippen LogP contribution in [0.3, 0.4) is 0 Å². The number of non-ortho nitro benzene ring substituents is 1. The number of nitro groups is 1. The summed E-state index contributed by atoms with van der Waals surface area (Å²) in [5.41, 5.74) is 2.98. The molecule has 0 aliphatic carbocycles. The van der Waals surface area contributed by atoms with Gasteiger partial charge in [-0.05, 0) is 60.8 Å². The Hall–Kier alpha value is -2.64.